The van der Waals surface area contributed by atoms with E-state index in [9.17, 15) is 0 Å². The molecule has 1 unspecified atom stereocenters. The number of ether oxygens (including phenoxy) is 1. The van der Waals surface area contributed by atoms with E-state index in [1.54, 1.807) is 6.26 Å². The minimum absolute atomic E-state index is 0.0220. The van der Waals surface area contributed by atoms with E-state index in [1.165, 1.54) is 0 Å². The SMILES string of the molecule is CC1(C)CC(NCCc2ccco2)C(C)(C)O1. The zero-order valence-electron chi connectivity index (χ0n) is 11.2. The van der Waals surface area contributed by atoms with Gasteiger partial charge in [-0.2, -0.15) is 0 Å². The highest BCUT2D eigenvalue weighted by Gasteiger charge is 2.45. The summed E-state index contributed by atoms with van der Waals surface area (Å²) in [7, 11) is 0. The molecule has 1 aliphatic rings. The molecule has 1 fully saturated rings. The van der Waals surface area contributed by atoms with Gasteiger partial charge in [0.2, 0.25) is 0 Å². The van der Waals surface area contributed by atoms with E-state index in [4.69, 9.17) is 9.15 Å². The van der Waals surface area contributed by atoms with Crippen LogP contribution >= 0.6 is 0 Å². The van der Waals surface area contributed by atoms with Crippen molar-refractivity contribution in [3.8, 4) is 0 Å². The van der Waals surface area contributed by atoms with Crippen molar-refractivity contribution in [2.45, 2.75) is 57.8 Å². The Bertz CT molecular complexity index is 354. The minimum Gasteiger partial charge on any atom is -0.469 e. The molecule has 96 valence electrons. The van der Waals surface area contributed by atoms with Gasteiger partial charge in [0, 0.05) is 19.0 Å². The first-order valence-corrected chi connectivity index (χ1v) is 6.35. The molecule has 3 nitrogen and oxygen atoms in total. The van der Waals surface area contributed by atoms with Crippen molar-refractivity contribution in [2.75, 3.05) is 6.54 Å². The van der Waals surface area contributed by atoms with Crippen LogP contribution in [0.25, 0.3) is 0 Å². The van der Waals surface area contributed by atoms with E-state index < -0.39 is 0 Å². The molecule has 0 amide bonds. The van der Waals surface area contributed by atoms with Gasteiger partial charge in [-0.05, 0) is 46.2 Å². The third kappa shape index (κ3) is 3.11. The van der Waals surface area contributed by atoms with Crippen LogP contribution in [0, 0.1) is 0 Å². The first kappa shape index (κ1) is 12.7. The molecule has 0 bridgehead atoms. The molecule has 0 saturated carbocycles. The number of nitrogens with one attached hydrogen (secondary N) is 1. The average Bonchev–Trinajstić information content (AvgIpc) is 2.72. The van der Waals surface area contributed by atoms with Crippen LogP contribution in [0.4, 0.5) is 0 Å². The third-order valence-corrected chi connectivity index (χ3v) is 3.42. The molecular weight excluding hydrogens is 214 g/mol. The maximum absolute atomic E-state index is 6.05. The Labute approximate surface area is 104 Å². The van der Waals surface area contributed by atoms with E-state index in [2.05, 4.69) is 33.0 Å². The zero-order chi connectivity index (χ0) is 12.5. The number of furan rings is 1. The molecular formula is C14H23NO2. The smallest absolute Gasteiger partial charge is 0.105 e. The molecule has 1 aliphatic heterocycles. The molecule has 0 aliphatic carbocycles. The molecule has 1 saturated heterocycles. The monoisotopic (exact) mass is 237 g/mol. The van der Waals surface area contributed by atoms with E-state index in [0.29, 0.717) is 6.04 Å². The fraction of sp³-hybridized carbons (Fsp3) is 0.714. The third-order valence-electron chi connectivity index (χ3n) is 3.42. The van der Waals surface area contributed by atoms with Crippen LogP contribution in [0.5, 0.6) is 0 Å². The largest absolute Gasteiger partial charge is 0.469 e. The van der Waals surface area contributed by atoms with Crippen LogP contribution in [0.1, 0.15) is 39.9 Å². The normalized spacial score (nSPS) is 26.2. The van der Waals surface area contributed by atoms with Gasteiger partial charge < -0.3 is 14.5 Å². The van der Waals surface area contributed by atoms with E-state index >= 15 is 0 Å². The second kappa shape index (κ2) is 4.46. The van der Waals surface area contributed by atoms with Gasteiger partial charge in [-0.25, -0.2) is 0 Å². The predicted molar refractivity (Wildman–Crippen MR) is 68.1 cm³/mol. The maximum atomic E-state index is 6.05. The Morgan fingerprint density at radius 1 is 1.35 bits per heavy atom. The highest BCUT2D eigenvalue weighted by molar-refractivity contribution is 5.01. The molecule has 1 atom stereocenters. The van der Waals surface area contributed by atoms with Gasteiger partial charge in [0.15, 0.2) is 0 Å². The average molecular weight is 237 g/mol. The van der Waals surface area contributed by atoms with Crippen LogP contribution in [0.2, 0.25) is 0 Å². The Kier molecular flexibility index (Phi) is 3.32. The second-order valence-corrected chi connectivity index (χ2v) is 6.01. The summed E-state index contributed by atoms with van der Waals surface area (Å²) in [4.78, 5) is 0. The number of rotatable bonds is 4. The van der Waals surface area contributed by atoms with E-state index in [0.717, 1.165) is 25.1 Å². The van der Waals surface area contributed by atoms with Crippen molar-refractivity contribution in [1.29, 1.82) is 0 Å². The van der Waals surface area contributed by atoms with Crippen molar-refractivity contribution < 1.29 is 9.15 Å². The first-order chi connectivity index (χ1) is 7.89. The molecule has 0 spiro atoms. The van der Waals surface area contributed by atoms with Crippen molar-refractivity contribution in [2.24, 2.45) is 0 Å². The van der Waals surface area contributed by atoms with Crippen molar-refractivity contribution in [3.63, 3.8) is 0 Å². The van der Waals surface area contributed by atoms with Crippen LogP contribution in [0.3, 0.4) is 0 Å². The lowest BCUT2D eigenvalue weighted by atomic mass is 9.94. The summed E-state index contributed by atoms with van der Waals surface area (Å²) < 4.78 is 11.4. The lowest BCUT2D eigenvalue weighted by Crippen LogP contribution is -2.44. The first-order valence-electron chi connectivity index (χ1n) is 6.35. The second-order valence-electron chi connectivity index (χ2n) is 6.01. The van der Waals surface area contributed by atoms with Gasteiger partial charge in [0.1, 0.15) is 5.76 Å². The van der Waals surface area contributed by atoms with Gasteiger partial charge in [0.25, 0.3) is 0 Å². The van der Waals surface area contributed by atoms with E-state index in [1.807, 2.05) is 12.1 Å². The highest BCUT2D eigenvalue weighted by atomic mass is 16.5. The van der Waals surface area contributed by atoms with Crippen molar-refractivity contribution in [3.05, 3.63) is 24.2 Å². The molecule has 2 heterocycles. The quantitative estimate of drug-likeness (QED) is 0.874. The molecule has 3 heteroatoms. The fourth-order valence-corrected chi connectivity index (χ4v) is 2.70. The summed E-state index contributed by atoms with van der Waals surface area (Å²) in [5.74, 6) is 1.04. The van der Waals surface area contributed by atoms with Crippen LogP contribution in [-0.2, 0) is 11.2 Å². The molecule has 0 radical (unpaired) electrons. The van der Waals surface area contributed by atoms with Crippen LogP contribution in [0.15, 0.2) is 22.8 Å². The van der Waals surface area contributed by atoms with Crippen molar-refractivity contribution in [1.82, 2.24) is 5.32 Å². The van der Waals surface area contributed by atoms with Gasteiger partial charge in [0.05, 0.1) is 17.5 Å². The summed E-state index contributed by atoms with van der Waals surface area (Å²) in [6.07, 6.45) is 3.71. The van der Waals surface area contributed by atoms with Crippen molar-refractivity contribution >= 4 is 0 Å². The Morgan fingerprint density at radius 3 is 2.65 bits per heavy atom. The molecule has 1 N–H and O–H groups in total. The Morgan fingerprint density at radius 2 is 2.12 bits per heavy atom. The zero-order valence-corrected chi connectivity index (χ0v) is 11.2. The lowest BCUT2D eigenvalue weighted by Gasteiger charge is -2.27. The number of hydrogen-bond donors (Lipinski definition) is 1. The lowest BCUT2D eigenvalue weighted by molar-refractivity contribution is -0.0697. The summed E-state index contributed by atoms with van der Waals surface area (Å²) in [5.41, 5.74) is -0.113. The molecule has 1 aromatic rings. The highest BCUT2D eigenvalue weighted by Crippen LogP contribution is 2.37. The molecule has 17 heavy (non-hydrogen) atoms. The molecule has 1 aromatic heterocycles. The molecule has 2 rings (SSSR count). The summed E-state index contributed by atoms with van der Waals surface area (Å²) >= 11 is 0. The Balaban J connectivity index is 1.83. The summed E-state index contributed by atoms with van der Waals surface area (Å²) in [5, 5.41) is 3.58. The Hall–Kier alpha value is -0.800. The topological polar surface area (TPSA) is 34.4 Å². The van der Waals surface area contributed by atoms with Gasteiger partial charge in [-0.15, -0.1) is 0 Å². The van der Waals surface area contributed by atoms with Gasteiger partial charge in [-0.1, -0.05) is 0 Å². The van der Waals surface area contributed by atoms with Gasteiger partial charge in [-0.3, -0.25) is 0 Å². The predicted octanol–water partition coefficient (Wildman–Crippen LogP) is 2.76. The fourth-order valence-electron chi connectivity index (χ4n) is 2.70. The minimum atomic E-state index is -0.0906. The van der Waals surface area contributed by atoms with Gasteiger partial charge >= 0.3 is 0 Å². The number of hydrogen-bond acceptors (Lipinski definition) is 3. The maximum Gasteiger partial charge on any atom is 0.105 e. The molecule has 0 aromatic carbocycles. The van der Waals surface area contributed by atoms with E-state index in [-0.39, 0.29) is 11.2 Å². The summed E-state index contributed by atoms with van der Waals surface area (Å²) in [6.45, 7) is 9.56. The van der Waals surface area contributed by atoms with Crippen LogP contribution in [-0.4, -0.2) is 23.8 Å². The standard InChI is InChI=1S/C14H23NO2/c1-13(2)10-12(14(3,4)17-13)15-8-7-11-6-5-9-16-11/h5-6,9,12,15H,7-8,10H2,1-4H3. The summed E-state index contributed by atoms with van der Waals surface area (Å²) in [6, 6.07) is 4.36. The van der Waals surface area contributed by atoms with Crippen LogP contribution < -0.4 is 5.32 Å².